The van der Waals surface area contributed by atoms with Crippen LogP contribution in [-0.4, -0.2) is 32.0 Å². The second-order valence-electron chi connectivity index (χ2n) is 6.14. The van der Waals surface area contributed by atoms with E-state index in [4.69, 9.17) is 0 Å². The first kappa shape index (κ1) is 15.5. The third-order valence-corrected chi connectivity index (χ3v) is 6.31. The van der Waals surface area contributed by atoms with Crippen LogP contribution in [0, 0.1) is 5.82 Å². The van der Waals surface area contributed by atoms with Gasteiger partial charge in [-0.2, -0.15) is 0 Å². The van der Waals surface area contributed by atoms with Gasteiger partial charge in [-0.25, -0.2) is 16.8 Å². The Kier molecular flexibility index (Phi) is 3.77. The van der Waals surface area contributed by atoms with Gasteiger partial charge in [-0.1, -0.05) is 6.08 Å². The van der Waals surface area contributed by atoms with Crippen molar-refractivity contribution in [1.29, 1.82) is 0 Å². The van der Waals surface area contributed by atoms with Crippen LogP contribution in [0.5, 0.6) is 0 Å². The molecule has 7 heteroatoms. The third kappa shape index (κ3) is 2.48. The molecule has 24 heavy (non-hydrogen) atoms. The fourth-order valence-electron chi connectivity index (χ4n) is 3.38. The Morgan fingerprint density at radius 2 is 2.04 bits per heavy atom. The molecule has 1 aromatic carbocycles. The standard InChI is InChI=1S/C17H18FN3O2S/c18-13-3-5-14(6-4-13)24(22,23)21-11-15(12-7-9-19-10-12)17-16(21)2-1-8-20-17/h2-6,11-12,19H,1,7-10H2. The number of rotatable bonds is 3. The lowest BCUT2D eigenvalue weighted by atomic mass is 10.0. The van der Waals surface area contributed by atoms with Crippen LogP contribution in [-0.2, 0) is 10.0 Å². The first-order valence-corrected chi connectivity index (χ1v) is 9.49. The zero-order valence-corrected chi connectivity index (χ0v) is 13.9. The van der Waals surface area contributed by atoms with Gasteiger partial charge >= 0.3 is 0 Å². The van der Waals surface area contributed by atoms with Crippen LogP contribution in [0.25, 0.3) is 6.08 Å². The zero-order valence-electron chi connectivity index (χ0n) is 13.1. The summed E-state index contributed by atoms with van der Waals surface area (Å²) in [5, 5.41) is 4.74. The van der Waals surface area contributed by atoms with E-state index in [1.54, 1.807) is 6.20 Å². The van der Waals surface area contributed by atoms with Crippen molar-refractivity contribution in [3.63, 3.8) is 0 Å². The molecule has 2 aliphatic heterocycles. The van der Waals surface area contributed by atoms with Crippen molar-refractivity contribution < 1.29 is 12.8 Å². The maximum absolute atomic E-state index is 13.1. The molecule has 1 saturated heterocycles. The van der Waals surface area contributed by atoms with Gasteiger partial charge in [-0.3, -0.25) is 4.99 Å². The van der Waals surface area contributed by atoms with Crippen LogP contribution in [0.2, 0.25) is 0 Å². The maximum atomic E-state index is 13.1. The van der Waals surface area contributed by atoms with E-state index in [2.05, 4.69) is 10.3 Å². The lowest BCUT2D eigenvalue weighted by Crippen LogP contribution is -2.36. The highest BCUT2D eigenvalue weighted by Crippen LogP contribution is 2.21. The average molecular weight is 347 g/mol. The van der Waals surface area contributed by atoms with E-state index < -0.39 is 15.8 Å². The molecule has 2 aromatic rings. The second-order valence-corrected chi connectivity index (χ2v) is 7.95. The molecule has 0 aliphatic carbocycles. The molecule has 0 amide bonds. The van der Waals surface area contributed by atoms with E-state index in [1.807, 2.05) is 6.08 Å². The molecule has 0 saturated carbocycles. The summed E-state index contributed by atoms with van der Waals surface area (Å²) in [6.07, 6.45) is 5.32. The van der Waals surface area contributed by atoms with Crippen LogP contribution in [0.3, 0.4) is 0 Å². The van der Waals surface area contributed by atoms with Crippen LogP contribution >= 0.6 is 0 Å². The Morgan fingerprint density at radius 1 is 1.25 bits per heavy atom. The first-order valence-electron chi connectivity index (χ1n) is 8.05. The summed E-state index contributed by atoms with van der Waals surface area (Å²) < 4.78 is 40.5. The molecule has 126 valence electrons. The molecule has 1 N–H and O–H groups in total. The van der Waals surface area contributed by atoms with Crippen LogP contribution in [0.4, 0.5) is 4.39 Å². The highest BCUT2D eigenvalue weighted by atomic mass is 32.2. The van der Waals surface area contributed by atoms with Crippen molar-refractivity contribution in [3.8, 4) is 0 Å². The van der Waals surface area contributed by atoms with Crippen LogP contribution in [0.15, 0.2) is 40.4 Å². The van der Waals surface area contributed by atoms with Gasteiger partial charge in [0.25, 0.3) is 10.0 Å². The number of aromatic nitrogens is 1. The van der Waals surface area contributed by atoms with Crippen molar-refractivity contribution in [1.82, 2.24) is 9.29 Å². The number of hydrogen-bond donors (Lipinski definition) is 1. The summed E-state index contributed by atoms with van der Waals surface area (Å²) in [7, 11) is -3.77. The topological polar surface area (TPSA) is 63.5 Å². The van der Waals surface area contributed by atoms with Gasteiger partial charge in [0.05, 0.1) is 15.6 Å². The third-order valence-electron chi connectivity index (χ3n) is 4.62. The van der Waals surface area contributed by atoms with Gasteiger partial charge in [-0.05, 0) is 43.7 Å². The van der Waals surface area contributed by atoms with E-state index in [-0.39, 0.29) is 10.8 Å². The molecule has 0 spiro atoms. The number of hydrogen-bond acceptors (Lipinski definition) is 4. The largest absolute Gasteiger partial charge is 0.316 e. The number of halogens is 1. The number of benzene rings is 1. The minimum atomic E-state index is -3.77. The Hall–Kier alpha value is -1.99. The smallest absolute Gasteiger partial charge is 0.268 e. The molecular formula is C17H18FN3O2S. The van der Waals surface area contributed by atoms with Crippen molar-refractivity contribution in [2.24, 2.45) is 4.99 Å². The summed E-state index contributed by atoms with van der Waals surface area (Å²) in [4.78, 5) is 4.66. The molecule has 1 unspecified atom stereocenters. The van der Waals surface area contributed by atoms with Gasteiger partial charge < -0.3 is 5.32 Å². The minimum absolute atomic E-state index is 0.0803. The van der Waals surface area contributed by atoms with Crippen molar-refractivity contribution in [3.05, 3.63) is 52.5 Å². The van der Waals surface area contributed by atoms with E-state index >= 15 is 0 Å². The Balaban J connectivity index is 1.91. The maximum Gasteiger partial charge on any atom is 0.268 e. The summed E-state index contributed by atoms with van der Waals surface area (Å²) >= 11 is 0. The summed E-state index contributed by atoms with van der Waals surface area (Å²) in [6, 6.07) is 4.93. The van der Waals surface area contributed by atoms with Crippen molar-refractivity contribution in [2.45, 2.75) is 23.7 Å². The van der Waals surface area contributed by atoms with Gasteiger partial charge in [-0.15, -0.1) is 0 Å². The summed E-state index contributed by atoms with van der Waals surface area (Å²) in [6.45, 7) is 2.45. The summed E-state index contributed by atoms with van der Waals surface area (Å²) in [5.74, 6) is -0.179. The predicted octanol–water partition coefficient (Wildman–Crippen LogP) is 0.745. The van der Waals surface area contributed by atoms with Gasteiger partial charge in [0, 0.05) is 30.8 Å². The average Bonchev–Trinajstić information content (AvgIpc) is 3.23. The molecule has 1 fully saturated rings. The normalized spacial score (nSPS) is 20.3. The highest BCUT2D eigenvalue weighted by molar-refractivity contribution is 7.90. The second kappa shape index (κ2) is 5.82. The Labute approximate surface area is 139 Å². The Morgan fingerprint density at radius 3 is 2.75 bits per heavy atom. The molecule has 0 bridgehead atoms. The Bertz CT molecular complexity index is 988. The number of nitrogens with zero attached hydrogens (tertiary/aromatic N) is 2. The summed E-state index contributed by atoms with van der Waals surface area (Å²) in [5.41, 5.74) is 0.983. The quantitative estimate of drug-likeness (QED) is 0.891. The number of nitrogens with one attached hydrogen (secondary N) is 1. The lowest BCUT2D eigenvalue weighted by molar-refractivity contribution is 0.584. The van der Waals surface area contributed by atoms with E-state index in [1.165, 1.54) is 28.2 Å². The molecular weight excluding hydrogens is 329 g/mol. The van der Waals surface area contributed by atoms with E-state index in [0.29, 0.717) is 11.9 Å². The van der Waals surface area contributed by atoms with E-state index in [0.717, 1.165) is 36.9 Å². The number of fused-ring (bicyclic) bond motifs is 1. The van der Waals surface area contributed by atoms with Gasteiger partial charge in [0.15, 0.2) is 0 Å². The van der Waals surface area contributed by atoms with E-state index in [9.17, 15) is 12.8 Å². The van der Waals surface area contributed by atoms with Crippen LogP contribution in [0.1, 0.15) is 24.3 Å². The molecule has 4 rings (SSSR count). The zero-order chi connectivity index (χ0) is 16.7. The monoisotopic (exact) mass is 347 g/mol. The molecule has 5 nitrogen and oxygen atoms in total. The molecule has 1 aromatic heterocycles. The first-order chi connectivity index (χ1) is 11.6. The molecule has 1 atom stereocenters. The van der Waals surface area contributed by atoms with Crippen molar-refractivity contribution >= 4 is 16.1 Å². The minimum Gasteiger partial charge on any atom is -0.316 e. The fraction of sp³-hybridized carbons (Fsp3) is 0.353. The van der Waals surface area contributed by atoms with Crippen LogP contribution < -0.4 is 16.0 Å². The van der Waals surface area contributed by atoms with Gasteiger partial charge in [0.2, 0.25) is 0 Å². The SMILES string of the molecule is O=S(=O)(c1ccc(F)cc1)n1cc(C2CCNC2)c2c1=CCCN=2. The fourth-order valence-corrected chi connectivity index (χ4v) is 4.76. The predicted molar refractivity (Wildman–Crippen MR) is 88.4 cm³/mol. The van der Waals surface area contributed by atoms with Gasteiger partial charge in [0.1, 0.15) is 5.82 Å². The molecule has 0 radical (unpaired) electrons. The van der Waals surface area contributed by atoms with Crippen molar-refractivity contribution in [2.75, 3.05) is 19.6 Å². The molecule has 3 heterocycles. The molecule has 2 aliphatic rings. The lowest BCUT2D eigenvalue weighted by Gasteiger charge is -2.07. The highest BCUT2D eigenvalue weighted by Gasteiger charge is 2.26.